The Labute approximate surface area is 120 Å². The molecule has 0 heterocycles. The van der Waals surface area contributed by atoms with Crippen LogP contribution in [0.3, 0.4) is 0 Å². The maximum atomic E-state index is 4.03. The quantitative estimate of drug-likeness (QED) is 0.740. The van der Waals surface area contributed by atoms with Gasteiger partial charge >= 0.3 is 0 Å². The van der Waals surface area contributed by atoms with Crippen molar-refractivity contribution < 1.29 is 0 Å². The maximum Gasteiger partial charge on any atom is 0.00772 e. The highest BCUT2D eigenvalue weighted by Crippen LogP contribution is 2.41. The molecule has 19 heavy (non-hydrogen) atoms. The first-order valence-corrected chi connectivity index (χ1v) is 8.41. The number of hydrogen-bond donors (Lipinski definition) is 1. The molecule has 2 fully saturated rings. The molecule has 0 aromatic heterocycles. The van der Waals surface area contributed by atoms with Gasteiger partial charge in [0.2, 0.25) is 0 Å². The van der Waals surface area contributed by atoms with Crippen LogP contribution in [0.5, 0.6) is 0 Å². The average molecular weight is 265 g/mol. The van der Waals surface area contributed by atoms with Crippen LogP contribution in [0.1, 0.15) is 80.1 Å². The Bertz CT molecular complexity index is 275. The number of hydrogen-bond acceptors (Lipinski definition) is 1. The lowest BCUT2D eigenvalue weighted by atomic mass is 9.68. The highest BCUT2D eigenvalue weighted by molar-refractivity contribution is 4.92. The summed E-state index contributed by atoms with van der Waals surface area (Å²) >= 11 is 0. The van der Waals surface area contributed by atoms with Crippen molar-refractivity contribution in [2.24, 2.45) is 22.7 Å². The minimum Gasteiger partial charge on any atom is -0.311 e. The van der Waals surface area contributed by atoms with Gasteiger partial charge in [0.1, 0.15) is 0 Å². The molecule has 112 valence electrons. The molecule has 0 unspecified atom stereocenters. The summed E-state index contributed by atoms with van der Waals surface area (Å²) in [6.45, 7) is 14.7. The van der Waals surface area contributed by atoms with Crippen LogP contribution in [0.25, 0.3) is 0 Å². The third-order valence-electron chi connectivity index (χ3n) is 5.25. The summed E-state index contributed by atoms with van der Waals surface area (Å²) in [4.78, 5) is 0. The molecule has 0 aromatic rings. The molecule has 0 saturated heterocycles. The van der Waals surface area contributed by atoms with Crippen LogP contribution < -0.4 is 5.32 Å². The molecule has 0 aliphatic heterocycles. The Morgan fingerprint density at radius 1 is 0.684 bits per heavy atom. The number of rotatable bonds is 2. The van der Waals surface area contributed by atoms with Crippen molar-refractivity contribution in [2.75, 3.05) is 0 Å². The maximum absolute atomic E-state index is 4.03. The lowest BCUT2D eigenvalue weighted by Gasteiger charge is -2.44. The topological polar surface area (TPSA) is 12.0 Å². The van der Waals surface area contributed by atoms with E-state index in [1.54, 1.807) is 0 Å². The van der Waals surface area contributed by atoms with E-state index in [-0.39, 0.29) is 0 Å². The van der Waals surface area contributed by atoms with E-state index >= 15 is 0 Å². The first-order chi connectivity index (χ1) is 8.65. The van der Waals surface area contributed by atoms with Crippen molar-refractivity contribution in [3.05, 3.63) is 0 Å². The predicted molar refractivity (Wildman–Crippen MR) is 84.3 cm³/mol. The van der Waals surface area contributed by atoms with E-state index in [0.717, 1.165) is 23.9 Å². The average Bonchev–Trinajstić information content (AvgIpc) is 2.08. The molecular formula is C18H35N. The molecule has 1 heteroatoms. The molecule has 0 amide bonds. The normalized spacial score (nSPS) is 42.0. The predicted octanol–water partition coefficient (Wildman–Crippen LogP) is 5.01. The molecule has 2 saturated carbocycles. The van der Waals surface area contributed by atoms with Crippen molar-refractivity contribution in [3.8, 4) is 0 Å². The Hall–Kier alpha value is -0.0400. The fourth-order valence-electron chi connectivity index (χ4n) is 5.28. The van der Waals surface area contributed by atoms with Gasteiger partial charge in [-0.15, -0.1) is 0 Å². The van der Waals surface area contributed by atoms with Crippen LogP contribution in [0.15, 0.2) is 0 Å². The van der Waals surface area contributed by atoms with Crippen molar-refractivity contribution in [1.82, 2.24) is 5.32 Å². The van der Waals surface area contributed by atoms with Crippen molar-refractivity contribution in [1.29, 1.82) is 0 Å². The highest BCUT2D eigenvalue weighted by atomic mass is 15.0. The van der Waals surface area contributed by atoms with Crippen LogP contribution in [-0.4, -0.2) is 12.1 Å². The van der Waals surface area contributed by atoms with E-state index in [9.17, 15) is 0 Å². The van der Waals surface area contributed by atoms with Gasteiger partial charge in [-0.2, -0.15) is 0 Å². The molecule has 2 rings (SSSR count). The van der Waals surface area contributed by atoms with Crippen molar-refractivity contribution in [3.63, 3.8) is 0 Å². The zero-order valence-corrected chi connectivity index (χ0v) is 14.1. The first-order valence-electron chi connectivity index (χ1n) is 8.41. The lowest BCUT2D eigenvalue weighted by Crippen LogP contribution is -2.48. The van der Waals surface area contributed by atoms with Gasteiger partial charge in [-0.25, -0.2) is 0 Å². The SMILES string of the molecule is C[C@@H]1C[C@@H](N[C@@H]2C[C@H](C)CC(C)(C)C2)CC(C)(C)C1. The summed E-state index contributed by atoms with van der Waals surface area (Å²) in [5.41, 5.74) is 1.07. The van der Waals surface area contributed by atoms with E-state index in [4.69, 9.17) is 0 Å². The molecule has 0 radical (unpaired) electrons. The third kappa shape index (κ3) is 4.48. The summed E-state index contributed by atoms with van der Waals surface area (Å²) in [5.74, 6) is 1.77. The second-order valence-corrected chi connectivity index (χ2v) is 9.39. The molecule has 0 bridgehead atoms. The Morgan fingerprint density at radius 3 is 1.37 bits per heavy atom. The van der Waals surface area contributed by atoms with Gasteiger partial charge in [0.25, 0.3) is 0 Å². The second kappa shape index (κ2) is 5.39. The summed E-state index contributed by atoms with van der Waals surface area (Å²) in [6, 6.07) is 1.51. The van der Waals surface area contributed by atoms with E-state index in [1.807, 2.05) is 0 Å². The molecule has 0 spiro atoms. The summed E-state index contributed by atoms with van der Waals surface area (Å²) in [7, 11) is 0. The highest BCUT2D eigenvalue weighted by Gasteiger charge is 2.36. The van der Waals surface area contributed by atoms with Crippen LogP contribution in [0.2, 0.25) is 0 Å². The summed E-state index contributed by atoms with van der Waals surface area (Å²) in [5, 5.41) is 4.03. The Kier molecular flexibility index (Phi) is 4.35. The largest absolute Gasteiger partial charge is 0.311 e. The zero-order chi connectivity index (χ0) is 14.3. The van der Waals surface area contributed by atoms with Crippen LogP contribution in [0.4, 0.5) is 0 Å². The minimum atomic E-state index is 0.533. The molecular weight excluding hydrogens is 230 g/mol. The molecule has 1 N–H and O–H groups in total. The van der Waals surface area contributed by atoms with Gasteiger partial charge in [0.05, 0.1) is 0 Å². The summed E-state index contributed by atoms with van der Waals surface area (Å²) in [6.07, 6.45) is 8.30. The number of nitrogens with one attached hydrogen (secondary N) is 1. The van der Waals surface area contributed by atoms with Crippen molar-refractivity contribution >= 4 is 0 Å². The second-order valence-electron chi connectivity index (χ2n) is 9.39. The van der Waals surface area contributed by atoms with Crippen LogP contribution >= 0.6 is 0 Å². The third-order valence-corrected chi connectivity index (χ3v) is 5.25. The Morgan fingerprint density at radius 2 is 1.05 bits per heavy atom. The zero-order valence-electron chi connectivity index (χ0n) is 14.1. The van der Waals surface area contributed by atoms with Gasteiger partial charge in [-0.05, 0) is 61.2 Å². The monoisotopic (exact) mass is 265 g/mol. The van der Waals surface area contributed by atoms with Gasteiger partial charge in [-0.1, -0.05) is 41.5 Å². The first kappa shape index (κ1) is 15.4. The van der Waals surface area contributed by atoms with Crippen LogP contribution in [0, 0.1) is 22.7 Å². The van der Waals surface area contributed by atoms with Gasteiger partial charge < -0.3 is 5.32 Å². The van der Waals surface area contributed by atoms with E-state index in [2.05, 4.69) is 46.9 Å². The van der Waals surface area contributed by atoms with Gasteiger partial charge in [0.15, 0.2) is 0 Å². The van der Waals surface area contributed by atoms with E-state index in [0.29, 0.717) is 10.8 Å². The smallest absolute Gasteiger partial charge is 0.00772 e. The standard InChI is InChI=1S/C18H35N/c1-13-7-15(11-17(3,4)9-13)19-16-8-14(2)10-18(5,6)12-16/h13-16,19H,7-12H2,1-6H3/t13-,14+,15-,16-/m1/s1. The van der Waals surface area contributed by atoms with E-state index < -0.39 is 0 Å². The molecule has 2 aliphatic carbocycles. The Balaban J connectivity index is 1.93. The lowest BCUT2D eigenvalue weighted by molar-refractivity contribution is 0.106. The van der Waals surface area contributed by atoms with Gasteiger partial charge in [0, 0.05) is 12.1 Å². The minimum absolute atomic E-state index is 0.533. The summed E-state index contributed by atoms with van der Waals surface area (Å²) < 4.78 is 0. The molecule has 0 aromatic carbocycles. The van der Waals surface area contributed by atoms with Gasteiger partial charge in [-0.3, -0.25) is 0 Å². The van der Waals surface area contributed by atoms with Crippen molar-refractivity contribution in [2.45, 2.75) is 92.2 Å². The molecule has 2 aliphatic rings. The molecule has 1 nitrogen and oxygen atoms in total. The molecule has 4 atom stereocenters. The fraction of sp³-hybridized carbons (Fsp3) is 1.00. The van der Waals surface area contributed by atoms with Crippen LogP contribution in [-0.2, 0) is 0 Å². The van der Waals surface area contributed by atoms with E-state index in [1.165, 1.54) is 38.5 Å². The fourth-order valence-corrected chi connectivity index (χ4v) is 5.28.